The first kappa shape index (κ1) is 15.0. The molecule has 0 radical (unpaired) electrons. The van der Waals surface area contributed by atoms with Gasteiger partial charge in [0.15, 0.2) is 11.5 Å². The minimum atomic E-state index is 0.432. The van der Waals surface area contributed by atoms with Gasteiger partial charge >= 0.3 is 0 Å². The lowest BCUT2D eigenvalue weighted by Gasteiger charge is -2.10. The lowest BCUT2D eigenvalue weighted by Crippen LogP contribution is -2.10. The fraction of sp³-hybridized carbons (Fsp3) is 0.250. The lowest BCUT2D eigenvalue weighted by molar-refractivity contribution is 0.293. The molecule has 0 atom stereocenters. The molecule has 1 aromatic heterocycles. The molecule has 0 aliphatic carbocycles. The highest BCUT2D eigenvalue weighted by Crippen LogP contribution is 2.31. The van der Waals surface area contributed by atoms with Crippen LogP contribution in [-0.4, -0.2) is 35.8 Å². The highest BCUT2D eigenvalue weighted by Gasteiger charge is 2.11. The summed E-state index contributed by atoms with van der Waals surface area (Å²) >= 11 is 0. The third-order valence-electron chi connectivity index (χ3n) is 3.50. The van der Waals surface area contributed by atoms with Crippen LogP contribution in [0.15, 0.2) is 36.4 Å². The normalized spacial score (nSPS) is 10.7. The number of aromatic nitrogens is 3. The second-order valence-electron chi connectivity index (χ2n) is 4.89. The van der Waals surface area contributed by atoms with Crippen molar-refractivity contribution in [1.29, 1.82) is 0 Å². The van der Waals surface area contributed by atoms with Gasteiger partial charge in [-0.05, 0) is 12.1 Å². The molecule has 23 heavy (non-hydrogen) atoms. The topological polar surface area (TPSA) is 84.4 Å². The van der Waals surface area contributed by atoms with Gasteiger partial charge in [0.25, 0.3) is 0 Å². The van der Waals surface area contributed by atoms with E-state index in [9.17, 15) is 0 Å². The number of rotatable bonds is 6. The number of fused-ring (bicyclic) bond motifs is 1. The van der Waals surface area contributed by atoms with Gasteiger partial charge in [-0.2, -0.15) is 0 Å². The Hall–Kier alpha value is -2.96. The van der Waals surface area contributed by atoms with Crippen molar-refractivity contribution in [2.75, 3.05) is 26.6 Å². The first-order chi connectivity index (χ1) is 11.2. The van der Waals surface area contributed by atoms with Gasteiger partial charge in [0.1, 0.15) is 17.9 Å². The third kappa shape index (κ3) is 2.98. The molecule has 2 N–H and O–H groups in total. The fourth-order valence-corrected chi connectivity index (χ4v) is 2.31. The van der Waals surface area contributed by atoms with Crippen molar-refractivity contribution >= 4 is 16.7 Å². The Morgan fingerprint density at radius 2 is 1.78 bits per heavy atom. The smallest absolute Gasteiger partial charge is 0.163 e. The summed E-state index contributed by atoms with van der Waals surface area (Å²) in [5.74, 6) is 1.92. The van der Waals surface area contributed by atoms with Crippen LogP contribution < -0.4 is 19.9 Å². The highest BCUT2D eigenvalue weighted by molar-refractivity contribution is 5.79. The predicted octanol–water partition coefficient (Wildman–Crippen LogP) is 2.11. The third-order valence-corrected chi connectivity index (χ3v) is 3.50. The minimum Gasteiger partial charge on any atom is -0.493 e. The summed E-state index contributed by atoms with van der Waals surface area (Å²) in [5, 5.41) is 8.29. The van der Waals surface area contributed by atoms with Crippen LogP contribution in [0.3, 0.4) is 0 Å². The lowest BCUT2D eigenvalue weighted by atomic mass is 10.2. The number of hydrogen-bond acceptors (Lipinski definition) is 6. The number of nitrogens with two attached hydrogens (primary N) is 1. The molecule has 0 aliphatic rings. The Bertz CT molecular complexity index is 816. The van der Waals surface area contributed by atoms with Crippen LogP contribution in [-0.2, 0) is 6.54 Å². The Labute approximate surface area is 133 Å². The molecule has 1 heterocycles. The van der Waals surface area contributed by atoms with Gasteiger partial charge in [0.05, 0.1) is 32.0 Å². The van der Waals surface area contributed by atoms with Crippen LogP contribution in [0.5, 0.6) is 17.2 Å². The largest absolute Gasteiger partial charge is 0.493 e. The van der Waals surface area contributed by atoms with Gasteiger partial charge < -0.3 is 19.9 Å². The maximum absolute atomic E-state index is 5.85. The summed E-state index contributed by atoms with van der Waals surface area (Å²) < 4.78 is 18.0. The average Bonchev–Trinajstić information content (AvgIpc) is 2.97. The molecule has 3 aromatic rings. The van der Waals surface area contributed by atoms with Crippen molar-refractivity contribution in [1.82, 2.24) is 15.0 Å². The summed E-state index contributed by atoms with van der Waals surface area (Å²) in [6, 6.07) is 11.0. The van der Waals surface area contributed by atoms with Crippen LogP contribution in [0.4, 0.5) is 5.69 Å². The van der Waals surface area contributed by atoms with E-state index in [1.54, 1.807) is 31.0 Å². The van der Waals surface area contributed by atoms with E-state index in [-0.39, 0.29) is 0 Å². The molecule has 7 nitrogen and oxygen atoms in total. The molecule has 120 valence electrons. The van der Waals surface area contributed by atoms with Crippen LogP contribution in [0.25, 0.3) is 11.0 Å². The number of hydrogen-bond donors (Lipinski definition) is 1. The van der Waals surface area contributed by atoms with Gasteiger partial charge in [-0.25, -0.2) is 4.68 Å². The molecule has 0 fully saturated rings. The minimum absolute atomic E-state index is 0.432. The number of nitrogen functional groups attached to an aromatic ring is 1. The van der Waals surface area contributed by atoms with E-state index in [1.165, 1.54) is 0 Å². The summed E-state index contributed by atoms with van der Waals surface area (Å²) in [7, 11) is 3.19. The van der Waals surface area contributed by atoms with Crippen LogP contribution in [0.2, 0.25) is 0 Å². The molecule has 2 aromatic carbocycles. The maximum Gasteiger partial charge on any atom is 0.163 e. The standard InChI is InChI=1S/C16H18N4O3/c1-21-15-9-12-13(10-16(15)22-2)20(19-18-12)7-8-23-14-6-4-3-5-11(14)17/h3-6,9-10H,7-8,17H2,1-2H3. The van der Waals surface area contributed by atoms with Gasteiger partial charge in [0.2, 0.25) is 0 Å². The van der Waals surface area contributed by atoms with Crippen molar-refractivity contribution in [3.8, 4) is 17.2 Å². The molecule has 0 bridgehead atoms. The molecule has 0 aliphatic heterocycles. The van der Waals surface area contributed by atoms with Crippen molar-refractivity contribution in [3.63, 3.8) is 0 Å². The van der Waals surface area contributed by atoms with Crippen molar-refractivity contribution < 1.29 is 14.2 Å². The fourth-order valence-electron chi connectivity index (χ4n) is 2.31. The molecule has 0 spiro atoms. The van der Waals surface area contributed by atoms with Gasteiger partial charge in [-0.3, -0.25) is 0 Å². The summed E-state index contributed by atoms with van der Waals surface area (Å²) in [6.07, 6.45) is 0. The van der Waals surface area contributed by atoms with Crippen molar-refractivity contribution in [2.24, 2.45) is 0 Å². The highest BCUT2D eigenvalue weighted by atomic mass is 16.5. The molecule has 7 heteroatoms. The monoisotopic (exact) mass is 314 g/mol. The Morgan fingerprint density at radius 1 is 1.04 bits per heavy atom. The summed E-state index contributed by atoms with van der Waals surface area (Å²) in [4.78, 5) is 0. The van der Waals surface area contributed by atoms with E-state index in [0.717, 1.165) is 11.0 Å². The van der Waals surface area contributed by atoms with E-state index in [0.29, 0.717) is 36.1 Å². The SMILES string of the molecule is COc1cc2nnn(CCOc3ccccc3N)c2cc1OC. The number of nitrogens with zero attached hydrogens (tertiary/aromatic N) is 3. The van der Waals surface area contributed by atoms with E-state index >= 15 is 0 Å². The van der Waals surface area contributed by atoms with Gasteiger partial charge in [-0.1, -0.05) is 17.3 Å². The van der Waals surface area contributed by atoms with Crippen LogP contribution in [0.1, 0.15) is 0 Å². The van der Waals surface area contributed by atoms with E-state index in [4.69, 9.17) is 19.9 Å². The number of anilines is 1. The number of methoxy groups -OCH3 is 2. The predicted molar refractivity (Wildman–Crippen MR) is 87.0 cm³/mol. The zero-order valence-corrected chi connectivity index (χ0v) is 13.0. The molecule has 0 unspecified atom stereocenters. The molecule has 0 amide bonds. The van der Waals surface area contributed by atoms with E-state index < -0.39 is 0 Å². The van der Waals surface area contributed by atoms with Crippen molar-refractivity contribution in [2.45, 2.75) is 6.54 Å². The maximum atomic E-state index is 5.85. The quantitative estimate of drug-likeness (QED) is 0.702. The number of benzene rings is 2. The Morgan fingerprint density at radius 3 is 2.52 bits per heavy atom. The molecule has 0 saturated heterocycles. The first-order valence-corrected chi connectivity index (χ1v) is 7.15. The number of para-hydroxylation sites is 2. The molecular weight excluding hydrogens is 296 g/mol. The van der Waals surface area contributed by atoms with Crippen LogP contribution in [0, 0.1) is 0 Å². The summed E-state index contributed by atoms with van der Waals surface area (Å²) in [5.41, 5.74) is 8.06. The van der Waals surface area contributed by atoms with Crippen LogP contribution >= 0.6 is 0 Å². The van der Waals surface area contributed by atoms with E-state index in [1.807, 2.05) is 24.3 Å². The van der Waals surface area contributed by atoms with Gasteiger partial charge in [-0.15, -0.1) is 5.10 Å². The Balaban J connectivity index is 1.77. The first-order valence-electron chi connectivity index (χ1n) is 7.15. The molecule has 3 rings (SSSR count). The summed E-state index contributed by atoms with van der Waals surface area (Å²) in [6.45, 7) is 0.974. The molecule has 0 saturated carbocycles. The second kappa shape index (κ2) is 6.43. The zero-order valence-electron chi connectivity index (χ0n) is 13.0. The Kier molecular flexibility index (Phi) is 4.18. The zero-order chi connectivity index (χ0) is 16.2. The second-order valence-corrected chi connectivity index (χ2v) is 4.89. The van der Waals surface area contributed by atoms with E-state index in [2.05, 4.69) is 10.3 Å². The molecular formula is C16H18N4O3. The van der Waals surface area contributed by atoms with Crippen molar-refractivity contribution in [3.05, 3.63) is 36.4 Å². The van der Waals surface area contributed by atoms with Gasteiger partial charge in [0, 0.05) is 12.1 Å². The number of ether oxygens (including phenoxy) is 3. The average molecular weight is 314 g/mol.